The number of hydrogen-bond acceptors (Lipinski definition) is 1. The van der Waals surface area contributed by atoms with Gasteiger partial charge in [0.05, 0.1) is 7.11 Å². The highest BCUT2D eigenvalue weighted by atomic mass is 19.4. The summed E-state index contributed by atoms with van der Waals surface area (Å²) in [5, 5.41) is 0.453. The lowest BCUT2D eigenvalue weighted by molar-refractivity contribution is 0.420. The molecule has 0 aliphatic carbocycles. The first-order valence-electron chi connectivity index (χ1n) is 4.38. The summed E-state index contributed by atoms with van der Waals surface area (Å²) in [5.74, 6) is 0.440. The van der Waals surface area contributed by atoms with Gasteiger partial charge >= 0.3 is 6.98 Å². The quantitative estimate of drug-likeness (QED) is 0.761. The SMILES string of the molecule is COc1cccc2[nH]c([B-](F)(F)F)cc12. The van der Waals surface area contributed by atoms with E-state index in [1.54, 1.807) is 18.2 Å². The molecule has 0 unspecified atom stereocenters. The molecule has 0 aliphatic heterocycles. The van der Waals surface area contributed by atoms with E-state index in [1.807, 2.05) is 0 Å². The molecule has 1 N–H and O–H groups in total. The molecule has 0 saturated heterocycles. The summed E-state index contributed by atoms with van der Waals surface area (Å²) >= 11 is 0. The van der Waals surface area contributed by atoms with Crippen LogP contribution in [0.25, 0.3) is 10.9 Å². The molecule has 0 amide bonds. The molecule has 0 bridgehead atoms. The minimum Gasteiger partial charge on any atom is -0.496 e. The number of fused-ring (bicyclic) bond motifs is 1. The van der Waals surface area contributed by atoms with Crippen LogP contribution >= 0.6 is 0 Å². The molecule has 2 rings (SSSR count). The number of rotatable bonds is 2. The Morgan fingerprint density at radius 2 is 2.00 bits per heavy atom. The molecular weight excluding hydrogens is 206 g/mol. The predicted octanol–water partition coefficient (Wildman–Crippen LogP) is 2.23. The average Bonchev–Trinajstić information content (AvgIpc) is 2.59. The summed E-state index contributed by atoms with van der Waals surface area (Å²) in [4.78, 5) is 2.33. The summed E-state index contributed by atoms with van der Waals surface area (Å²) in [6.07, 6.45) is 0. The molecule has 0 fully saturated rings. The van der Waals surface area contributed by atoms with Crippen molar-refractivity contribution in [1.29, 1.82) is 0 Å². The molecule has 0 spiro atoms. The normalized spacial score (nSPS) is 12.0. The third-order valence-electron chi connectivity index (χ3n) is 2.22. The van der Waals surface area contributed by atoms with Crippen molar-refractivity contribution in [3.8, 4) is 5.75 Å². The second-order valence-corrected chi connectivity index (χ2v) is 3.22. The summed E-state index contributed by atoms with van der Waals surface area (Å²) in [6, 6.07) is 5.94. The van der Waals surface area contributed by atoms with Crippen molar-refractivity contribution >= 4 is 23.5 Å². The maximum atomic E-state index is 12.5. The van der Waals surface area contributed by atoms with Crippen LogP contribution in [0.4, 0.5) is 12.9 Å². The number of benzene rings is 1. The number of hydrogen-bond donors (Lipinski definition) is 1. The fourth-order valence-corrected chi connectivity index (χ4v) is 1.50. The van der Waals surface area contributed by atoms with Gasteiger partial charge in [-0.1, -0.05) is 12.1 Å². The van der Waals surface area contributed by atoms with Crippen LogP contribution in [0.1, 0.15) is 0 Å². The maximum Gasteiger partial charge on any atom is 0.525 e. The third kappa shape index (κ3) is 1.67. The Morgan fingerprint density at radius 3 is 2.60 bits per heavy atom. The molecule has 2 aromatic rings. The van der Waals surface area contributed by atoms with E-state index in [9.17, 15) is 12.9 Å². The number of aromatic nitrogens is 1. The molecule has 0 aliphatic rings. The zero-order chi connectivity index (χ0) is 11.1. The molecule has 0 radical (unpaired) electrons. The second kappa shape index (κ2) is 3.22. The predicted molar refractivity (Wildman–Crippen MR) is 53.6 cm³/mol. The van der Waals surface area contributed by atoms with E-state index in [-0.39, 0.29) is 0 Å². The van der Waals surface area contributed by atoms with Gasteiger partial charge in [0.15, 0.2) is 0 Å². The van der Waals surface area contributed by atoms with E-state index < -0.39 is 12.6 Å². The Labute approximate surface area is 84.1 Å². The second-order valence-electron chi connectivity index (χ2n) is 3.22. The van der Waals surface area contributed by atoms with Crippen LogP contribution < -0.4 is 10.3 Å². The van der Waals surface area contributed by atoms with Crippen molar-refractivity contribution in [3.05, 3.63) is 24.3 Å². The van der Waals surface area contributed by atoms with E-state index >= 15 is 0 Å². The lowest BCUT2D eigenvalue weighted by atomic mass is 9.86. The molecule has 0 saturated carbocycles. The van der Waals surface area contributed by atoms with Crippen LogP contribution in [0.5, 0.6) is 5.75 Å². The van der Waals surface area contributed by atoms with Gasteiger partial charge in [-0.25, -0.2) is 0 Å². The Kier molecular flexibility index (Phi) is 2.14. The molecule has 0 atom stereocenters. The topological polar surface area (TPSA) is 25.0 Å². The van der Waals surface area contributed by atoms with Crippen LogP contribution in [0.2, 0.25) is 0 Å². The van der Waals surface area contributed by atoms with Crippen LogP contribution in [-0.4, -0.2) is 19.1 Å². The zero-order valence-corrected chi connectivity index (χ0v) is 7.93. The van der Waals surface area contributed by atoms with Crippen molar-refractivity contribution in [1.82, 2.24) is 4.98 Å². The average molecular weight is 214 g/mol. The number of nitrogens with one attached hydrogen (secondary N) is 1. The summed E-state index contributed by atoms with van der Waals surface area (Å²) in [7, 11) is 1.43. The van der Waals surface area contributed by atoms with E-state index in [0.29, 0.717) is 16.7 Å². The Hall–Kier alpha value is -1.59. The summed E-state index contributed by atoms with van der Waals surface area (Å²) in [6.45, 7) is -4.99. The van der Waals surface area contributed by atoms with Gasteiger partial charge in [0.2, 0.25) is 0 Å². The molecule has 80 valence electrons. The molecule has 1 aromatic heterocycles. The van der Waals surface area contributed by atoms with Gasteiger partial charge in [-0.05, 0) is 17.7 Å². The smallest absolute Gasteiger partial charge is 0.496 e. The van der Waals surface area contributed by atoms with E-state index in [1.165, 1.54) is 7.11 Å². The molecule has 15 heavy (non-hydrogen) atoms. The Bertz CT molecular complexity index is 492. The third-order valence-corrected chi connectivity index (χ3v) is 2.22. The first-order chi connectivity index (χ1) is 7.02. The number of methoxy groups -OCH3 is 1. The fourth-order valence-electron chi connectivity index (χ4n) is 1.50. The Balaban J connectivity index is 2.65. The molecular formula is C9H8BF3NO-. The highest BCUT2D eigenvalue weighted by molar-refractivity contribution is 6.73. The standard InChI is InChI=1S/C9H8BF3NO/c1-15-8-4-2-3-7-6(8)5-9(14-7)10(11,12)13/h2-5,14H,1H3/q-1. The van der Waals surface area contributed by atoms with Gasteiger partial charge in [-0.3, -0.25) is 0 Å². The lowest BCUT2D eigenvalue weighted by Crippen LogP contribution is -2.34. The van der Waals surface area contributed by atoms with Crippen molar-refractivity contribution < 1.29 is 17.7 Å². The van der Waals surface area contributed by atoms with Gasteiger partial charge in [0.25, 0.3) is 0 Å². The largest absolute Gasteiger partial charge is 0.525 e. The van der Waals surface area contributed by atoms with Gasteiger partial charge < -0.3 is 22.7 Å². The minimum absolute atomic E-state index is 0.434. The van der Waals surface area contributed by atoms with Crippen molar-refractivity contribution in [3.63, 3.8) is 0 Å². The monoisotopic (exact) mass is 214 g/mol. The lowest BCUT2D eigenvalue weighted by Gasteiger charge is -2.10. The van der Waals surface area contributed by atoms with Crippen LogP contribution in [-0.2, 0) is 0 Å². The van der Waals surface area contributed by atoms with Crippen molar-refractivity contribution in [2.24, 2.45) is 0 Å². The highest BCUT2D eigenvalue weighted by Crippen LogP contribution is 2.24. The van der Waals surface area contributed by atoms with Gasteiger partial charge in [0.1, 0.15) is 5.75 Å². The maximum absolute atomic E-state index is 12.5. The van der Waals surface area contributed by atoms with Gasteiger partial charge in [-0.15, -0.1) is 0 Å². The number of H-pyrrole nitrogens is 1. The van der Waals surface area contributed by atoms with Crippen molar-refractivity contribution in [2.45, 2.75) is 0 Å². The van der Waals surface area contributed by atoms with Crippen LogP contribution in [0, 0.1) is 0 Å². The highest BCUT2D eigenvalue weighted by Gasteiger charge is 2.27. The Morgan fingerprint density at radius 1 is 1.27 bits per heavy atom. The van der Waals surface area contributed by atoms with Crippen LogP contribution in [0.15, 0.2) is 24.3 Å². The zero-order valence-electron chi connectivity index (χ0n) is 7.93. The first-order valence-corrected chi connectivity index (χ1v) is 4.38. The molecule has 1 aromatic carbocycles. The number of aromatic amines is 1. The van der Waals surface area contributed by atoms with Crippen LogP contribution in [0.3, 0.4) is 0 Å². The number of ether oxygens (including phenoxy) is 1. The fraction of sp³-hybridized carbons (Fsp3) is 0.111. The van der Waals surface area contributed by atoms with Crippen molar-refractivity contribution in [2.75, 3.05) is 7.11 Å². The van der Waals surface area contributed by atoms with E-state index in [4.69, 9.17) is 4.74 Å². The van der Waals surface area contributed by atoms with E-state index in [0.717, 1.165) is 6.07 Å². The minimum atomic E-state index is -4.99. The summed E-state index contributed by atoms with van der Waals surface area (Å²) in [5.41, 5.74) is -0.266. The van der Waals surface area contributed by atoms with Gasteiger partial charge in [-0.2, -0.15) is 0 Å². The number of halogens is 3. The summed E-state index contributed by atoms with van der Waals surface area (Å²) < 4.78 is 42.3. The molecule has 2 nitrogen and oxygen atoms in total. The first kappa shape index (κ1) is 9.95. The molecule has 1 heterocycles. The van der Waals surface area contributed by atoms with E-state index in [2.05, 4.69) is 4.98 Å². The molecule has 6 heteroatoms. The van der Waals surface area contributed by atoms with Gasteiger partial charge in [0, 0.05) is 10.9 Å².